The van der Waals surface area contributed by atoms with Crippen molar-refractivity contribution in [3.05, 3.63) is 78.4 Å². The van der Waals surface area contributed by atoms with Crippen molar-refractivity contribution in [3.63, 3.8) is 0 Å². The van der Waals surface area contributed by atoms with Gasteiger partial charge in [0.1, 0.15) is 16.8 Å². The Kier molecular flexibility index (Phi) is 3.51. The molecule has 3 aromatic carbocycles. The van der Waals surface area contributed by atoms with Crippen LogP contribution in [0.15, 0.2) is 77.8 Å². The second-order valence-electron chi connectivity index (χ2n) is 5.32. The smallest absolute Gasteiger partial charge is 0.124 e. The monoisotopic (exact) mass is 314 g/mol. The molecule has 0 fully saturated rings. The fourth-order valence-corrected chi connectivity index (χ4v) is 2.40. The lowest BCUT2D eigenvalue weighted by molar-refractivity contribution is 0.474. The van der Waals surface area contributed by atoms with Crippen LogP contribution in [0.4, 0.5) is 5.69 Å². The number of aromatic hydroxyl groups is 1. The van der Waals surface area contributed by atoms with E-state index < -0.39 is 0 Å². The molecule has 4 rings (SSSR count). The van der Waals surface area contributed by atoms with Crippen molar-refractivity contribution < 1.29 is 5.11 Å². The van der Waals surface area contributed by atoms with E-state index in [1.807, 2.05) is 60.7 Å². The van der Waals surface area contributed by atoms with Crippen LogP contribution in [0.5, 0.6) is 5.75 Å². The van der Waals surface area contributed by atoms with Gasteiger partial charge in [-0.3, -0.25) is 4.99 Å². The molecule has 5 heteroatoms. The van der Waals surface area contributed by atoms with Gasteiger partial charge in [-0.1, -0.05) is 30.3 Å². The molecule has 0 spiro atoms. The highest BCUT2D eigenvalue weighted by molar-refractivity contribution is 5.86. The van der Waals surface area contributed by atoms with Crippen LogP contribution in [0, 0.1) is 0 Å². The minimum atomic E-state index is 0.206. The lowest BCUT2D eigenvalue weighted by atomic mass is 10.2. The quantitative estimate of drug-likeness (QED) is 0.584. The van der Waals surface area contributed by atoms with Crippen LogP contribution in [-0.4, -0.2) is 26.3 Å². The highest BCUT2D eigenvalue weighted by atomic mass is 16.3. The maximum Gasteiger partial charge on any atom is 0.124 e. The standard InChI is InChI=1S/C19H14N4O/c24-19-9-5-4-6-14(19)13-20-15-10-11-17-18(12-15)22-23(21-17)16-7-2-1-3-8-16/h1-13,24H. The fourth-order valence-electron chi connectivity index (χ4n) is 2.40. The van der Waals surface area contributed by atoms with Crippen LogP contribution in [0.1, 0.15) is 5.56 Å². The Hall–Kier alpha value is -3.47. The number of aromatic nitrogens is 3. The number of aliphatic imine (C=N–C) groups is 1. The maximum absolute atomic E-state index is 9.77. The van der Waals surface area contributed by atoms with E-state index >= 15 is 0 Å². The number of hydrogen-bond acceptors (Lipinski definition) is 4. The second kappa shape index (κ2) is 5.96. The van der Waals surface area contributed by atoms with Crippen LogP contribution in [0.2, 0.25) is 0 Å². The Morgan fingerprint density at radius 1 is 0.833 bits per heavy atom. The van der Waals surface area contributed by atoms with Crippen molar-refractivity contribution in [1.29, 1.82) is 0 Å². The largest absolute Gasteiger partial charge is 0.507 e. The van der Waals surface area contributed by atoms with Crippen molar-refractivity contribution in [2.45, 2.75) is 0 Å². The van der Waals surface area contributed by atoms with Crippen LogP contribution in [0.3, 0.4) is 0 Å². The zero-order chi connectivity index (χ0) is 16.4. The van der Waals surface area contributed by atoms with Gasteiger partial charge in [0.2, 0.25) is 0 Å². The molecule has 0 saturated carbocycles. The fraction of sp³-hybridized carbons (Fsp3) is 0. The Morgan fingerprint density at radius 2 is 1.58 bits per heavy atom. The third kappa shape index (κ3) is 2.75. The van der Waals surface area contributed by atoms with E-state index in [1.54, 1.807) is 23.1 Å². The van der Waals surface area contributed by atoms with E-state index in [4.69, 9.17) is 0 Å². The van der Waals surface area contributed by atoms with Gasteiger partial charge in [-0.05, 0) is 42.5 Å². The van der Waals surface area contributed by atoms with Crippen LogP contribution in [-0.2, 0) is 0 Å². The van der Waals surface area contributed by atoms with E-state index in [0.717, 1.165) is 22.4 Å². The first kappa shape index (κ1) is 14.1. The van der Waals surface area contributed by atoms with Gasteiger partial charge < -0.3 is 5.11 Å². The van der Waals surface area contributed by atoms with Crippen LogP contribution >= 0.6 is 0 Å². The van der Waals surface area contributed by atoms with Gasteiger partial charge in [-0.15, -0.1) is 10.2 Å². The third-order valence-electron chi connectivity index (χ3n) is 3.64. The molecule has 0 aliphatic carbocycles. The van der Waals surface area contributed by atoms with E-state index in [9.17, 15) is 5.11 Å². The van der Waals surface area contributed by atoms with Gasteiger partial charge in [0.15, 0.2) is 0 Å². The number of rotatable bonds is 3. The highest BCUT2D eigenvalue weighted by Crippen LogP contribution is 2.21. The topological polar surface area (TPSA) is 63.3 Å². The van der Waals surface area contributed by atoms with E-state index in [1.165, 1.54) is 0 Å². The molecule has 0 amide bonds. The summed E-state index contributed by atoms with van der Waals surface area (Å²) in [5.74, 6) is 0.206. The molecule has 24 heavy (non-hydrogen) atoms. The summed E-state index contributed by atoms with van der Waals surface area (Å²) in [5.41, 5.74) is 3.91. The number of para-hydroxylation sites is 2. The van der Waals surface area contributed by atoms with Gasteiger partial charge in [-0.25, -0.2) is 0 Å². The van der Waals surface area contributed by atoms with E-state index in [2.05, 4.69) is 15.2 Å². The molecular weight excluding hydrogens is 300 g/mol. The van der Waals surface area contributed by atoms with Gasteiger partial charge in [-0.2, -0.15) is 4.80 Å². The maximum atomic E-state index is 9.77. The molecule has 4 aromatic rings. The summed E-state index contributed by atoms with van der Waals surface area (Å²) in [5, 5.41) is 18.7. The molecule has 1 aromatic heterocycles. The Labute approximate surface area is 138 Å². The van der Waals surface area contributed by atoms with Gasteiger partial charge >= 0.3 is 0 Å². The van der Waals surface area contributed by atoms with Gasteiger partial charge in [0.25, 0.3) is 0 Å². The Morgan fingerprint density at radius 3 is 2.42 bits per heavy atom. The minimum absolute atomic E-state index is 0.206. The minimum Gasteiger partial charge on any atom is -0.507 e. The summed E-state index contributed by atoms with van der Waals surface area (Å²) >= 11 is 0. The predicted molar refractivity (Wildman–Crippen MR) is 94.2 cm³/mol. The molecule has 0 saturated heterocycles. The summed E-state index contributed by atoms with van der Waals surface area (Å²) in [6.45, 7) is 0. The Balaban J connectivity index is 1.67. The lowest BCUT2D eigenvalue weighted by Gasteiger charge is -1.97. The number of benzene rings is 3. The molecule has 0 unspecified atom stereocenters. The molecule has 1 heterocycles. The zero-order valence-corrected chi connectivity index (χ0v) is 12.7. The van der Waals surface area contributed by atoms with E-state index in [0.29, 0.717) is 5.56 Å². The molecule has 0 aliphatic heterocycles. The summed E-state index contributed by atoms with van der Waals surface area (Å²) in [6, 6.07) is 22.5. The number of phenols is 1. The SMILES string of the molecule is Oc1ccccc1C=Nc1ccc2nn(-c3ccccc3)nc2c1. The van der Waals surface area contributed by atoms with Crippen molar-refractivity contribution >= 4 is 22.9 Å². The van der Waals surface area contributed by atoms with Crippen LogP contribution < -0.4 is 0 Å². The first-order valence-electron chi connectivity index (χ1n) is 7.54. The summed E-state index contributed by atoms with van der Waals surface area (Å²) in [4.78, 5) is 6.02. The molecule has 0 radical (unpaired) electrons. The van der Waals surface area contributed by atoms with Crippen molar-refractivity contribution in [2.24, 2.45) is 4.99 Å². The first-order chi connectivity index (χ1) is 11.8. The zero-order valence-electron chi connectivity index (χ0n) is 12.7. The molecule has 0 aliphatic rings. The second-order valence-corrected chi connectivity index (χ2v) is 5.32. The molecule has 1 N–H and O–H groups in total. The predicted octanol–water partition coefficient (Wildman–Crippen LogP) is 3.88. The lowest BCUT2D eigenvalue weighted by Crippen LogP contribution is -1.97. The summed E-state index contributed by atoms with van der Waals surface area (Å²) in [7, 11) is 0. The normalized spacial score (nSPS) is 11.3. The van der Waals surface area contributed by atoms with Crippen LogP contribution in [0.25, 0.3) is 16.7 Å². The number of hydrogen-bond donors (Lipinski definition) is 1. The molecular formula is C19H14N4O. The average molecular weight is 314 g/mol. The number of nitrogens with zero attached hydrogens (tertiary/aromatic N) is 4. The average Bonchev–Trinajstić information content (AvgIpc) is 3.05. The third-order valence-corrected chi connectivity index (χ3v) is 3.64. The molecule has 0 bridgehead atoms. The summed E-state index contributed by atoms with van der Waals surface area (Å²) < 4.78 is 0. The number of phenolic OH excluding ortho intramolecular Hbond substituents is 1. The van der Waals surface area contributed by atoms with Crippen molar-refractivity contribution in [1.82, 2.24) is 15.0 Å². The molecule has 5 nitrogen and oxygen atoms in total. The van der Waals surface area contributed by atoms with Crippen molar-refractivity contribution in [2.75, 3.05) is 0 Å². The summed E-state index contributed by atoms with van der Waals surface area (Å²) in [6.07, 6.45) is 1.64. The molecule has 0 atom stereocenters. The van der Waals surface area contributed by atoms with Gasteiger partial charge in [0, 0.05) is 11.8 Å². The highest BCUT2D eigenvalue weighted by Gasteiger charge is 2.05. The van der Waals surface area contributed by atoms with Gasteiger partial charge in [0.05, 0.1) is 11.4 Å². The van der Waals surface area contributed by atoms with Crippen molar-refractivity contribution in [3.8, 4) is 11.4 Å². The first-order valence-corrected chi connectivity index (χ1v) is 7.54. The van der Waals surface area contributed by atoms with E-state index in [-0.39, 0.29) is 5.75 Å². The number of fused-ring (bicyclic) bond motifs is 1. The Bertz CT molecular complexity index is 1020. The molecule has 116 valence electrons.